The molecule has 0 aromatic heterocycles. The van der Waals surface area contributed by atoms with E-state index in [4.69, 9.17) is 9.84 Å². The minimum atomic E-state index is -0.930. The van der Waals surface area contributed by atoms with E-state index in [-0.39, 0.29) is 0 Å². The number of carboxylic acid groups (broad SMARTS) is 1. The monoisotopic (exact) mass is 249 g/mol. The predicted octanol–water partition coefficient (Wildman–Crippen LogP) is 2.04. The molecule has 0 amide bonds. The number of ether oxygens (including phenoxy) is 1. The van der Waals surface area contributed by atoms with Crippen molar-refractivity contribution >= 4 is 5.97 Å². The smallest absolute Gasteiger partial charge is 0.328 e. The number of benzene rings is 1. The summed E-state index contributed by atoms with van der Waals surface area (Å²) in [4.78, 5) is 10.3. The molecule has 0 fully saturated rings. The molecule has 0 aliphatic carbocycles. The van der Waals surface area contributed by atoms with Crippen LogP contribution >= 0.6 is 0 Å². The lowest BCUT2D eigenvalue weighted by Gasteiger charge is -2.13. The van der Waals surface area contributed by atoms with Crippen molar-refractivity contribution < 1.29 is 14.6 Å². The number of nitrogens with one attached hydrogen (secondary N) is 1. The van der Waals surface area contributed by atoms with E-state index in [1.807, 2.05) is 13.8 Å². The molecule has 1 aromatic rings. The van der Waals surface area contributed by atoms with Crippen LogP contribution in [0, 0.1) is 13.8 Å². The van der Waals surface area contributed by atoms with Gasteiger partial charge in [0, 0.05) is 24.7 Å². The van der Waals surface area contributed by atoms with E-state index in [0.717, 1.165) is 23.0 Å². The highest BCUT2D eigenvalue weighted by atomic mass is 16.5. The van der Waals surface area contributed by atoms with Gasteiger partial charge < -0.3 is 15.2 Å². The number of hydrogen-bond donors (Lipinski definition) is 2. The fourth-order valence-corrected chi connectivity index (χ4v) is 1.92. The van der Waals surface area contributed by atoms with E-state index in [2.05, 4.69) is 17.4 Å². The van der Waals surface area contributed by atoms with Gasteiger partial charge in [-0.3, -0.25) is 0 Å². The number of rotatable bonds is 6. The normalized spacial score (nSPS) is 10.8. The fourth-order valence-electron chi connectivity index (χ4n) is 1.92. The van der Waals surface area contributed by atoms with Crippen molar-refractivity contribution in [3.8, 4) is 5.75 Å². The fraction of sp³-hybridized carbons (Fsp3) is 0.357. The first-order valence-electron chi connectivity index (χ1n) is 5.79. The number of carbonyl (C=O) groups is 1. The second kappa shape index (κ2) is 6.81. The lowest BCUT2D eigenvalue weighted by molar-refractivity contribution is -0.131. The highest BCUT2D eigenvalue weighted by Crippen LogP contribution is 2.24. The summed E-state index contributed by atoms with van der Waals surface area (Å²) in [6, 6.07) is 4.15. The predicted molar refractivity (Wildman–Crippen MR) is 71.0 cm³/mol. The molecular weight excluding hydrogens is 230 g/mol. The number of methoxy groups -OCH3 is 1. The van der Waals surface area contributed by atoms with Gasteiger partial charge in [-0.05, 0) is 19.4 Å². The van der Waals surface area contributed by atoms with Crippen LogP contribution in [-0.2, 0) is 11.3 Å². The van der Waals surface area contributed by atoms with Crippen LogP contribution in [-0.4, -0.2) is 24.7 Å². The summed E-state index contributed by atoms with van der Waals surface area (Å²) in [5.41, 5.74) is 3.38. The Morgan fingerprint density at radius 3 is 2.78 bits per heavy atom. The number of aryl methyl sites for hydroxylation is 2. The molecule has 1 rings (SSSR count). The Labute approximate surface area is 107 Å². The van der Waals surface area contributed by atoms with E-state index in [9.17, 15) is 4.79 Å². The zero-order valence-corrected chi connectivity index (χ0v) is 11.0. The molecule has 0 heterocycles. The van der Waals surface area contributed by atoms with Crippen LogP contribution < -0.4 is 10.1 Å². The first kappa shape index (κ1) is 14.3. The maximum Gasteiger partial charge on any atom is 0.328 e. The second-order valence-corrected chi connectivity index (χ2v) is 4.15. The Morgan fingerprint density at radius 1 is 1.44 bits per heavy atom. The number of carboxylic acids is 1. The molecule has 0 saturated heterocycles. The third-order valence-corrected chi connectivity index (χ3v) is 2.54. The zero-order chi connectivity index (χ0) is 13.5. The Hall–Kier alpha value is -1.81. The molecule has 4 nitrogen and oxygen atoms in total. The van der Waals surface area contributed by atoms with Gasteiger partial charge in [-0.2, -0.15) is 0 Å². The van der Waals surface area contributed by atoms with Gasteiger partial charge in [0.2, 0.25) is 0 Å². The van der Waals surface area contributed by atoms with Crippen molar-refractivity contribution in [3.63, 3.8) is 0 Å². The largest absolute Gasteiger partial charge is 0.496 e. The van der Waals surface area contributed by atoms with Gasteiger partial charge in [-0.25, -0.2) is 4.79 Å². The van der Waals surface area contributed by atoms with Crippen LogP contribution in [0.5, 0.6) is 5.75 Å². The van der Waals surface area contributed by atoms with Gasteiger partial charge in [-0.1, -0.05) is 23.8 Å². The minimum absolute atomic E-state index is 0.516. The summed E-state index contributed by atoms with van der Waals surface area (Å²) in [7, 11) is 1.66. The number of aliphatic carboxylic acids is 1. The van der Waals surface area contributed by atoms with Gasteiger partial charge in [0.05, 0.1) is 7.11 Å². The molecular formula is C14H19NO3. The van der Waals surface area contributed by atoms with Gasteiger partial charge in [-0.15, -0.1) is 0 Å². The molecule has 0 aliphatic rings. The van der Waals surface area contributed by atoms with E-state index >= 15 is 0 Å². The van der Waals surface area contributed by atoms with E-state index < -0.39 is 5.97 Å². The van der Waals surface area contributed by atoms with Gasteiger partial charge in [0.15, 0.2) is 0 Å². The molecule has 1 aromatic carbocycles. The van der Waals surface area contributed by atoms with Crippen molar-refractivity contribution in [2.45, 2.75) is 20.4 Å². The Morgan fingerprint density at radius 2 is 2.17 bits per heavy atom. The van der Waals surface area contributed by atoms with Crippen LogP contribution in [0.1, 0.15) is 16.7 Å². The topological polar surface area (TPSA) is 58.6 Å². The van der Waals surface area contributed by atoms with Crippen molar-refractivity contribution in [2.75, 3.05) is 13.7 Å². The summed E-state index contributed by atoms with van der Waals surface area (Å²) >= 11 is 0. The van der Waals surface area contributed by atoms with Crippen molar-refractivity contribution in [1.29, 1.82) is 0 Å². The van der Waals surface area contributed by atoms with Gasteiger partial charge in [0.1, 0.15) is 5.75 Å². The van der Waals surface area contributed by atoms with Crippen LogP contribution in [0.4, 0.5) is 0 Å². The van der Waals surface area contributed by atoms with Crippen molar-refractivity contribution in [3.05, 3.63) is 41.0 Å². The standard InChI is InChI=1S/C14H19NO3/c1-10-7-11(2)14(18-3)12(8-10)9-15-6-4-5-13(16)17/h4-5,7-8,15H,6,9H2,1-3H3,(H,16,17)/b5-4+. The maximum absolute atomic E-state index is 10.3. The lowest BCUT2D eigenvalue weighted by Crippen LogP contribution is -2.14. The van der Waals surface area contributed by atoms with E-state index in [0.29, 0.717) is 13.1 Å². The summed E-state index contributed by atoms with van der Waals surface area (Å²) < 4.78 is 5.37. The molecule has 0 bridgehead atoms. The quantitative estimate of drug-likeness (QED) is 0.598. The molecule has 98 valence electrons. The number of hydrogen-bond acceptors (Lipinski definition) is 3. The SMILES string of the molecule is COc1c(C)cc(C)cc1CNC/C=C/C(=O)O. The first-order chi connectivity index (χ1) is 8.54. The van der Waals surface area contributed by atoms with Crippen LogP contribution in [0.2, 0.25) is 0 Å². The van der Waals surface area contributed by atoms with E-state index in [1.54, 1.807) is 13.2 Å². The second-order valence-electron chi connectivity index (χ2n) is 4.15. The third-order valence-electron chi connectivity index (χ3n) is 2.54. The molecule has 0 spiro atoms. The molecule has 4 heteroatoms. The molecule has 0 atom stereocenters. The summed E-state index contributed by atoms with van der Waals surface area (Å²) in [6.45, 7) is 5.22. The summed E-state index contributed by atoms with van der Waals surface area (Å²) in [5, 5.41) is 11.6. The van der Waals surface area contributed by atoms with Gasteiger partial charge >= 0.3 is 5.97 Å². The average molecular weight is 249 g/mol. The summed E-state index contributed by atoms with van der Waals surface area (Å²) in [5.74, 6) is -0.0453. The maximum atomic E-state index is 10.3. The van der Waals surface area contributed by atoms with E-state index in [1.165, 1.54) is 5.56 Å². The van der Waals surface area contributed by atoms with Crippen LogP contribution in [0.15, 0.2) is 24.3 Å². The molecule has 0 saturated carbocycles. The van der Waals surface area contributed by atoms with Crippen molar-refractivity contribution in [1.82, 2.24) is 5.32 Å². The molecule has 2 N–H and O–H groups in total. The first-order valence-corrected chi connectivity index (χ1v) is 5.79. The Balaban J connectivity index is 2.64. The molecule has 0 aliphatic heterocycles. The lowest BCUT2D eigenvalue weighted by atomic mass is 10.1. The third kappa shape index (κ3) is 4.22. The highest BCUT2D eigenvalue weighted by Gasteiger charge is 2.06. The highest BCUT2D eigenvalue weighted by molar-refractivity contribution is 5.79. The Bertz CT molecular complexity index is 453. The van der Waals surface area contributed by atoms with Gasteiger partial charge in [0.25, 0.3) is 0 Å². The molecule has 0 unspecified atom stereocenters. The van der Waals surface area contributed by atoms with Crippen LogP contribution in [0.3, 0.4) is 0 Å². The zero-order valence-electron chi connectivity index (χ0n) is 11.0. The molecule has 18 heavy (non-hydrogen) atoms. The molecule has 0 radical (unpaired) electrons. The Kier molecular flexibility index (Phi) is 5.39. The van der Waals surface area contributed by atoms with Crippen LogP contribution in [0.25, 0.3) is 0 Å². The average Bonchev–Trinajstić information content (AvgIpc) is 2.27. The summed E-state index contributed by atoms with van der Waals surface area (Å²) in [6.07, 6.45) is 2.71. The minimum Gasteiger partial charge on any atom is -0.496 e. The van der Waals surface area contributed by atoms with Crippen molar-refractivity contribution in [2.24, 2.45) is 0 Å².